The zero-order valence-electron chi connectivity index (χ0n) is 21.9. The van der Waals surface area contributed by atoms with Crippen molar-refractivity contribution in [2.75, 3.05) is 39.4 Å². The summed E-state index contributed by atoms with van der Waals surface area (Å²) in [5.41, 5.74) is 2.06. The Morgan fingerprint density at radius 1 is 1.07 bits per heavy atom. The van der Waals surface area contributed by atoms with Crippen molar-refractivity contribution in [3.63, 3.8) is 0 Å². The molecule has 30 heavy (non-hydrogen) atoms. The lowest BCUT2D eigenvalue weighted by atomic mass is 10.2. The van der Waals surface area contributed by atoms with Crippen molar-refractivity contribution in [2.24, 2.45) is 5.10 Å². The predicted octanol–water partition coefficient (Wildman–Crippen LogP) is 5.73. The maximum atomic E-state index is 12.3. The quantitative estimate of drug-likeness (QED) is 0.411. The van der Waals surface area contributed by atoms with Gasteiger partial charge in [0.25, 0.3) is 0 Å². The third-order valence-electron chi connectivity index (χ3n) is 3.11. The molecule has 1 rings (SSSR count). The molecule has 0 spiro atoms. The minimum atomic E-state index is -0.554. The highest BCUT2D eigenvalue weighted by molar-refractivity contribution is 5.70. The Labute approximate surface area is 187 Å². The molecule has 0 aromatic rings. The highest BCUT2D eigenvalue weighted by atomic mass is 16.6. The zero-order chi connectivity index (χ0) is 24.6. The van der Waals surface area contributed by atoms with Crippen LogP contribution in [0.1, 0.15) is 82.6 Å². The van der Waals surface area contributed by atoms with Crippen molar-refractivity contribution >= 4 is 12.8 Å². The standard InChI is InChI=1S/C15H28N4O3.4C2H6/c1-13(17-16-5)19(14(20)22-15(2,3)4)8-6-7-18-9-11-21-12-10-18;4*1-2/h17H,1,5-12H2,2-4H3;4*1-2H3. The van der Waals surface area contributed by atoms with E-state index in [1.807, 2.05) is 76.2 Å². The number of carbonyl (C=O) groups is 1. The molecular formula is C23H52N4O3. The van der Waals surface area contributed by atoms with Gasteiger partial charge in [-0.2, -0.15) is 5.10 Å². The van der Waals surface area contributed by atoms with Gasteiger partial charge in [-0.05, 0) is 27.2 Å². The third-order valence-corrected chi connectivity index (χ3v) is 3.11. The largest absolute Gasteiger partial charge is 0.443 e. The average Bonchev–Trinajstić information content (AvgIpc) is 2.76. The molecular weight excluding hydrogens is 380 g/mol. The minimum absolute atomic E-state index is 0.367. The summed E-state index contributed by atoms with van der Waals surface area (Å²) in [6.45, 7) is 33.5. The number of ether oxygens (including phenoxy) is 2. The second kappa shape index (κ2) is 25.4. The highest BCUT2D eigenvalue weighted by Gasteiger charge is 2.24. The van der Waals surface area contributed by atoms with Crippen LogP contribution >= 0.6 is 0 Å². The maximum absolute atomic E-state index is 12.3. The summed E-state index contributed by atoms with van der Waals surface area (Å²) < 4.78 is 10.7. The first-order valence-electron chi connectivity index (χ1n) is 11.5. The van der Waals surface area contributed by atoms with Crippen molar-refractivity contribution in [3.05, 3.63) is 12.4 Å². The Kier molecular flexibility index (Phi) is 30.4. The summed E-state index contributed by atoms with van der Waals surface area (Å²) in [5, 5.41) is 3.56. The van der Waals surface area contributed by atoms with E-state index in [-0.39, 0.29) is 0 Å². The molecule has 1 aliphatic heterocycles. The van der Waals surface area contributed by atoms with E-state index in [9.17, 15) is 4.79 Å². The van der Waals surface area contributed by atoms with Crippen LogP contribution in [0.4, 0.5) is 4.79 Å². The molecule has 1 aliphatic rings. The molecule has 0 aromatic heterocycles. The van der Waals surface area contributed by atoms with Crippen molar-refractivity contribution in [1.29, 1.82) is 0 Å². The van der Waals surface area contributed by atoms with Crippen LogP contribution in [0.3, 0.4) is 0 Å². The minimum Gasteiger partial charge on any atom is -0.443 e. The molecule has 0 saturated carbocycles. The van der Waals surface area contributed by atoms with Gasteiger partial charge >= 0.3 is 6.09 Å². The van der Waals surface area contributed by atoms with Crippen molar-refractivity contribution in [2.45, 2.75) is 88.2 Å². The summed E-state index contributed by atoms with van der Waals surface area (Å²) in [6.07, 6.45) is 0.382. The Morgan fingerprint density at radius 3 is 1.93 bits per heavy atom. The van der Waals surface area contributed by atoms with Gasteiger partial charge < -0.3 is 9.47 Å². The number of rotatable bonds is 7. The fraction of sp³-hybridized carbons (Fsp3) is 0.826. The molecule has 0 bridgehead atoms. The van der Waals surface area contributed by atoms with Crippen LogP contribution in [0.15, 0.2) is 17.5 Å². The third kappa shape index (κ3) is 21.1. The fourth-order valence-electron chi connectivity index (χ4n) is 2.08. The molecule has 1 heterocycles. The molecule has 0 atom stereocenters. The van der Waals surface area contributed by atoms with Crippen molar-refractivity contribution < 1.29 is 14.3 Å². The molecule has 1 saturated heterocycles. The number of carbonyl (C=O) groups excluding carboxylic acids is 1. The fourth-order valence-corrected chi connectivity index (χ4v) is 2.08. The molecule has 1 amide bonds. The van der Waals surface area contributed by atoms with E-state index in [4.69, 9.17) is 9.47 Å². The van der Waals surface area contributed by atoms with E-state index in [1.54, 1.807) is 0 Å². The summed E-state index contributed by atoms with van der Waals surface area (Å²) in [5.74, 6) is 0.367. The van der Waals surface area contributed by atoms with Gasteiger partial charge in [0.1, 0.15) is 11.4 Å². The van der Waals surface area contributed by atoms with E-state index in [0.29, 0.717) is 12.4 Å². The predicted molar refractivity (Wildman–Crippen MR) is 132 cm³/mol. The lowest BCUT2D eigenvalue weighted by Gasteiger charge is -2.30. The summed E-state index contributed by atoms with van der Waals surface area (Å²) in [7, 11) is 0. The smallest absolute Gasteiger partial charge is 0.415 e. The summed E-state index contributed by atoms with van der Waals surface area (Å²) in [4.78, 5) is 16.0. The van der Waals surface area contributed by atoms with Crippen LogP contribution in [0, 0.1) is 0 Å². The van der Waals surface area contributed by atoms with Gasteiger partial charge in [-0.25, -0.2) is 4.79 Å². The molecule has 182 valence electrons. The molecule has 0 radical (unpaired) electrons. The molecule has 7 heteroatoms. The van der Waals surface area contributed by atoms with Crippen molar-refractivity contribution in [3.8, 4) is 0 Å². The van der Waals surface area contributed by atoms with E-state index >= 15 is 0 Å². The van der Waals surface area contributed by atoms with Gasteiger partial charge in [0.2, 0.25) is 0 Å². The molecule has 1 N–H and O–H groups in total. The van der Waals surface area contributed by atoms with Gasteiger partial charge in [-0.1, -0.05) is 62.0 Å². The summed E-state index contributed by atoms with van der Waals surface area (Å²) >= 11 is 0. The Balaban J connectivity index is -0.000000376. The molecule has 0 aliphatic carbocycles. The number of morpholine rings is 1. The van der Waals surface area contributed by atoms with Crippen LogP contribution in [-0.2, 0) is 9.47 Å². The van der Waals surface area contributed by atoms with Crippen molar-refractivity contribution in [1.82, 2.24) is 15.2 Å². The lowest BCUT2D eigenvalue weighted by Crippen LogP contribution is -2.41. The van der Waals surface area contributed by atoms with E-state index in [0.717, 1.165) is 39.3 Å². The van der Waals surface area contributed by atoms with Crippen LogP contribution in [0.5, 0.6) is 0 Å². The van der Waals surface area contributed by atoms with Crippen LogP contribution in [0.25, 0.3) is 0 Å². The topological polar surface area (TPSA) is 66.4 Å². The number of nitrogens with zero attached hydrogens (tertiary/aromatic N) is 3. The number of nitrogens with one attached hydrogen (secondary N) is 1. The number of hydrogen-bond donors (Lipinski definition) is 1. The second-order valence-electron chi connectivity index (χ2n) is 6.16. The molecule has 0 aromatic carbocycles. The number of amides is 1. The first kappa shape index (κ1) is 35.8. The van der Waals surface area contributed by atoms with Gasteiger partial charge in [0.05, 0.1) is 13.2 Å². The van der Waals surface area contributed by atoms with E-state index in [2.05, 4.69) is 28.7 Å². The van der Waals surface area contributed by atoms with E-state index < -0.39 is 11.7 Å². The van der Waals surface area contributed by atoms with Crippen LogP contribution in [-0.4, -0.2) is 67.6 Å². The van der Waals surface area contributed by atoms with Gasteiger partial charge in [-0.3, -0.25) is 15.2 Å². The number of hydrazone groups is 1. The molecule has 1 fully saturated rings. The first-order valence-corrected chi connectivity index (χ1v) is 11.5. The Bertz CT molecular complexity index is 390. The molecule has 7 nitrogen and oxygen atoms in total. The lowest BCUT2D eigenvalue weighted by molar-refractivity contribution is 0.0252. The summed E-state index contributed by atoms with van der Waals surface area (Å²) in [6, 6.07) is 0. The second-order valence-corrected chi connectivity index (χ2v) is 6.16. The zero-order valence-corrected chi connectivity index (χ0v) is 21.9. The van der Waals surface area contributed by atoms with E-state index in [1.165, 1.54) is 4.90 Å². The Morgan fingerprint density at radius 2 is 1.53 bits per heavy atom. The Hall–Kier alpha value is -1.60. The number of hydrogen-bond acceptors (Lipinski definition) is 6. The maximum Gasteiger partial charge on any atom is 0.415 e. The van der Waals surface area contributed by atoms with Gasteiger partial charge in [0.15, 0.2) is 0 Å². The SMILES string of the molecule is C=NNC(=C)N(CCCN1CCOCC1)C(=O)OC(C)(C)C.CC.CC.CC.CC. The first-order chi connectivity index (χ1) is 14.3. The van der Waals surface area contributed by atoms with Gasteiger partial charge in [0, 0.05) is 32.9 Å². The highest BCUT2D eigenvalue weighted by Crippen LogP contribution is 2.13. The molecule has 0 unspecified atom stereocenters. The average molecular weight is 433 g/mol. The van der Waals surface area contributed by atoms with Gasteiger partial charge in [-0.15, -0.1) is 0 Å². The van der Waals surface area contributed by atoms with Crippen LogP contribution < -0.4 is 5.43 Å². The normalized spacial score (nSPS) is 12.5. The van der Waals surface area contributed by atoms with Crippen LogP contribution in [0.2, 0.25) is 0 Å². The monoisotopic (exact) mass is 432 g/mol.